The monoisotopic (exact) mass is 358 g/mol. The summed E-state index contributed by atoms with van der Waals surface area (Å²) in [7, 11) is 0. The van der Waals surface area contributed by atoms with Crippen molar-refractivity contribution in [1.29, 1.82) is 0 Å². The summed E-state index contributed by atoms with van der Waals surface area (Å²) in [4.78, 5) is 17.1. The van der Waals surface area contributed by atoms with E-state index in [1.165, 1.54) is 21.9 Å². The van der Waals surface area contributed by atoms with Gasteiger partial charge >= 0.3 is 0 Å². The van der Waals surface area contributed by atoms with Crippen LogP contribution in [0.2, 0.25) is 0 Å². The molecule has 1 aromatic carbocycles. The molecule has 8 heteroatoms. The SMILES string of the molecule is CCc1cc(=O)n2nc(NCc3cccc4c3OCCCO4)sc2n1. The van der Waals surface area contributed by atoms with E-state index in [0.29, 0.717) is 29.9 Å². The first-order valence-corrected chi connectivity index (χ1v) is 9.07. The molecule has 3 heterocycles. The van der Waals surface area contributed by atoms with Crippen molar-refractivity contribution in [2.45, 2.75) is 26.3 Å². The largest absolute Gasteiger partial charge is 0.490 e. The highest BCUT2D eigenvalue weighted by Crippen LogP contribution is 2.33. The summed E-state index contributed by atoms with van der Waals surface area (Å²) in [6, 6.07) is 7.38. The molecule has 1 aliphatic rings. The quantitative estimate of drug-likeness (QED) is 0.772. The van der Waals surface area contributed by atoms with Gasteiger partial charge in [0.05, 0.1) is 13.2 Å². The van der Waals surface area contributed by atoms with Crippen molar-refractivity contribution in [2.75, 3.05) is 18.5 Å². The van der Waals surface area contributed by atoms with Crippen molar-refractivity contribution in [3.63, 3.8) is 0 Å². The van der Waals surface area contributed by atoms with E-state index in [1.54, 1.807) is 0 Å². The zero-order valence-electron chi connectivity index (χ0n) is 13.8. The molecule has 25 heavy (non-hydrogen) atoms. The first kappa shape index (κ1) is 15.9. The minimum absolute atomic E-state index is 0.156. The van der Waals surface area contributed by atoms with Crippen molar-refractivity contribution >= 4 is 21.4 Å². The molecule has 4 rings (SSSR count). The van der Waals surface area contributed by atoms with Crippen molar-refractivity contribution in [2.24, 2.45) is 0 Å². The Kier molecular flexibility index (Phi) is 4.27. The van der Waals surface area contributed by atoms with Crippen LogP contribution in [0.4, 0.5) is 5.13 Å². The maximum Gasteiger partial charge on any atom is 0.275 e. The van der Waals surface area contributed by atoms with E-state index < -0.39 is 0 Å². The van der Waals surface area contributed by atoms with Gasteiger partial charge in [-0.1, -0.05) is 30.4 Å². The second-order valence-electron chi connectivity index (χ2n) is 5.69. The molecule has 130 valence electrons. The van der Waals surface area contributed by atoms with E-state index in [-0.39, 0.29) is 5.56 Å². The molecule has 0 atom stereocenters. The standard InChI is InChI=1S/C17H18N4O3S/c1-2-12-9-14(22)21-17(19-12)25-16(20-21)18-10-11-5-3-6-13-15(11)24-8-4-7-23-13/h3,5-6,9H,2,4,7-8,10H2,1H3,(H,18,20). The van der Waals surface area contributed by atoms with Crippen LogP contribution in [0.25, 0.3) is 4.96 Å². The molecule has 7 nitrogen and oxygen atoms in total. The van der Waals surface area contributed by atoms with Crippen LogP contribution in [0.3, 0.4) is 0 Å². The molecule has 1 aliphatic heterocycles. The highest BCUT2D eigenvalue weighted by molar-refractivity contribution is 7.20. The average molecular weight is 358 g/mol. The van der Waals surface area contributed by atoms with E-state index >= 15 is 0 Å². The van der Waals surface area contributed by atoms with Crippen LogP contribution in [0.5, 0.6) is 11.5 Å². The molecule has 2 aromatic heterocycles. The lowest BCUT2D eigenvalue weighted by Gasteiger charge is -2.12. The van der Waals surface area contributed by atoms with Crippen molar-refractivity contribution in [3.05, 3.63) is 45.9 Å². The second-order valence-corrected chi connectivity index (χ2v) is 6.65. The zero-order valence-corrected chi connectivity index (χ0v) is 14.6. The van der Waals surface area contributed by atoms with E-state index in [1.807, 2.05) is 25.1 Å². The first-order chi connectivity index (χ1) is 12.2. The molecule has 1 N–H and O–H groups in total. The first-order valence-electron chi connectivity index (χ1n) is 8.26. The molecule has 0 unspecified atom stereocenters. The summed E-state index contributed by atoms with van der Waals surface area (Å²) in [5.74, 6) is 1.55. The molecular weight excluding hydrogens is 340 g/mol. The molecule has 0 spiro atoms. The van der Waals surface area contributed by atoms with Crippen LogP contribution in [0.1, 0.15) is 24.6 Å². The summed E-state index contributed by atoms with van der Waals surface area (Å²) in [5.41, 5.74) is 1.61. The van der Waals surface area contributed by atoms with Gasteiger partial charge in [-0.05, 0) is 12.5 Å². The molecule has 0 saturated carbocycles. The van der Waals surface area contributed by atoms with E-state index in [4.69, 9.17) is 9.47 Å². The van der Waals surface area contributed by atoms with Gasteiger partial charge in [-0.2, -0.15) is 4.52 Å². The fraction of sp³-hybridized carbons (Fsp3) is 0.353. The fourth-order valence-electron chi connectivity index (χ4n) is 2.67. The van der Waals surface area contributed by atoms with Gasteiger partial charge in [0, 0.05) is 30.3 Å². The predicted octanol–water partition coefficient (Wildman–Crippen LogP) is 2.49. The maximum atomic E-state index is 12.1. The van der Waals surface area contributed by atoms with Gasteiger partial charge in [-0.3, -0.25) is 4.79 Å². The van der Waals surface area contributed by atoms with E-state index in [2.05, 4.69) is 15.4 Å². The fourth-order valence-corrected chi connectivity index (χ4v) is 3.49. The highest BCUT2D eigenvalue weighted by atomic mass is 32.1. The Hall–Kier alpha value is -2.61. The third-order valence-electron chi connectivity index (χ3n) is 3.94. The van der Waals surface area contributed by atoms with Gasteiger partial charge < -0.3 is 14.8 Å². The average Bonchev–Trinajstić information content (AvgIpc) is 2.88. The third kappa shape index (κ3) is 3.17. The molecular formula is C17H18N4O3S. The third-order valence-corrected chi connectivity index (χ3v) is 4.81. The summed E-state index contributed by atoms with van der Waals surface area (Å²) in [6.45, 7) is 3.81. The Balaban J connectivity index is 1.59. The molecule has 0 aliphatic carbocycles. The molecule has 0 fully saturated rings. The smallest absolute Gasteiger partial charge is 0.275 e. The van der Waals surface area contributed by atoms with E-state index in [9.17, 15) is 4.79 Å². The molecule has 3 aromatic rings. The lowest BCUT2D eigenvalue weighted by atomic mass is 10.2. The zero-order chi connectivity index (χ0) is 17.2. The van der Waals surface area contributed by atoms with Crippen LogP contribution >= 0.6 is 11.3 Å². The molecule has 0 bridgehead atoms. The second kappa shape index (κ2) is 6.72. The number of hydrogen-bond donors (Lipinski definition) is 1. The highest BCUT2D eigenvalue weighted by Gasteiger charge is 2.15. The van der Waals surface area contributed by atoms with E-state index in [0.717, 1.165) is 35.6 Å². The molecule has 0 radical (unpaired) electrons. The Morgan fingerprint density at radius 2 is 2.20 bits per heavy atom. The predicted molar refractivity (Wildman–Crippen MR) is 95.9 cm³/mol. The van der Waals surface area contributed by atoms with Crippen molar-refractivity contribution in [1.82, 2.24) is 14.6 Å². The number of para-hydroxylation sites is 1. The van der Waals surface area contributed by atoms with Gasteiger partial charge in [0.1, 0.15) is 0 Å². The number of aryl methyl sites for hydroxylation is 1. The van der Waals surface area contributed by atoms with Crippen molar-refractivity contribution < 1.29 is 9.47 Å². The van der Waals surface area contributed by atoms with Gasteiger partial charge in [0.2, 0.25) is 10.1 Å². The number of nitrogens with zero attached hydrogens (tertiary/aromatic N) is 3. The summed E-state index contributed by atoms with van der Waals surface area (Å²) < 4.78 is 12.9. The van der Waals surface area contributed by atoms with Gasteiger partial charge in [0.15, 0.2) is 11.5 Å². The Morgan fingerprint density at radius 1 is 1.32 bits per heavy atom. The number of hydrogen-bond acceptors (Lipinski definition) is 7. The number of benzene rings is 1. The number of aromatic nitrogens is 3. The maximum absolute atomic E-state index is 12.1. The van der Waals surface area contributed by atoms with Crippen LogP contribution in [0.15, 0.2) is 29.1 Å². The number of nitrogens with one attached hydrogen (secondary N) is 1. The number of anilines is 1. The number of ether oxygens (including phenoxy) is 2. The Labute approximate surface area is 148 Å². The van der Waals surface area contributed by atoms with Gasteiger partial charge in [0.25, 0.3) is 5.56 Å². The lowest BCUT2D eigenvalue weighted by molar-refractivity contribution is 0.296. The van der Waals surface area contributed by atoms with Crippen LogP contribution in [-0.2, 0) is 13.0 Å². The topological polar surface area (TPSA) is 77.8 Å². The van der Waals surface area contributed by atoms with Crippen LogP contribution < -0.4 is 20.3 Å². The van der Waals surface area contributed by atoms with Gasteiger partial charge in [-0.25, -0.2) is 4.98 Å². The number of rotatable bonds is 4. The minimum Gasteiger partial charge on any atom is -0.490 e. The summed E-state index contributed by atoms with van der Waals surface area (Å²) >= 11 is 1.36. The summed E-state index contributed by atoms with van der Waals surface area (Å²) in [6.07, 6.45) is 1.59. The molecule has 0 amide bonds. The van der Waals surface area contributed by atoms with Crippen molar-refractivity contribution in [3.8, 4) is 11.5 Å². The van der Waals surface area contributed by atoms with Crippen LogP contribution in [0, 0.1) is 0 Å². The Bertz CT molecular complexity index is 966. The lowest BCUT2D eigenvalue weighted by Crippen LogP contribution is -2.15. The minimum atomic E-state index is -0.156. The molecule has 0 saturated heterocycles. The summed E-state index contributed by atoms with van der Waals surface area (Å²) in [5, 5.41) is 8.21. The van der Waals surface area contributed by atoms with Gasteiger partial charge in [-0.15, -0.1) is 5.10 Å². The van der Waals surface area contributed by atoms with Crippen LogP contribution in [-0.4, -0.2) is 27.8 Å². The normalized spacial score (nSPS) is 13.6. The Morgan fingerprint density at radius 3 is 3.08 bits per heavy atom. The number of fused-ring (bicyclic) bond motifs is 2.